The number of morpholine rings is 1. The Kier molecular flexibility index (Phi) is 9.40. The summed E-state index contributed by atoms with van der Waals surface area (Å²) >= 11 is 0. The van der Waals surface area contributed by atoms with Gasteiger partial charge in [-0.1, -0.05) is 26.0 Å². The van der Waals surface area contributed by atoms with Crippen molar-refractivity contribution < 1.29 is 14.3 Å². The molecule has 0 radical (unpaired) electrons. The molecule has 1 heterocycles. The van der Waals surface area contributed by atoms with Gasteiger partial charge in [-0.2, -0.15) is 0 Å². The summed E-state index contributed by atoms with van der Waals surface area (Å²) in [7, 11) is 0. The number of nitrogens with two attached hydrogens (primary N) is 1. The van der Waals surface area contributed by atoms with Crippen LogP contribution in [0.25, 0.3) is 0 Å². The zero-order chi connectivity index (χ0) is 20.0. The number of nitrogens with zero attached hydrogens (tertiary/aromatic N) is 1. The molecule has 158 valence electrons. The lowest BCUT2D eigenvalue weighted by atomic mass is 9.81. The van der Waals surface area contributed by atoms with Gasteiger partial charge >= 0.3 is 0 Å². The summed E-state index contributed by atoms with van der Waals surface area (Å²) in [6.07, 6.45) is 1.53. The first kappa shape index (κ1) is 24.4. The summed E-state index contributed by atoms with van der Waals surface area (Å²) in [5, 5.41) is 2.99. The van der Waals surface area contributed by atoms with Gasteiger partial charge in [0, 0.05) is 31.7 Å². The Balaban J connectivity index is 0.00000392. The number of carbonyl (C=O) groups excluding carboxylic acids is 2. The van der Waals surface area contributed by atoms with E-state index in [4.69, 9.17) is 10.5 Å². The maximum Gasteiger partial charge on any atom is 0.254 e. The fourth-order valence-corrected chi connectivity index (χ4v) is 3.61. The van der Waals surface area contributed by atoms with Gasteiger partial charge in [-0.3, -0.25) is 9.59 Å². The summed E-state index contributed by atoms with van der Waals surface area (Å²) in [4.78, 5) is 27.1. The van der Waals surface area contributed by atoms with Gasteiger partial charge in [0.15, 0.2) is 0 Å². The minimum Gasteiger partial charge on any atom is -0.372 e. The molecule has 0 aliphatic carbocycles. The van der Waals surface area contributed by atoms with E-state index in [0.29, 0.717) is 31.7 Å². The second-order valence-corrected chi connectivity index (χ2v) is 7.54. The van der Waals surface area contributed by atoms with Gasteiger partial charge in [-0.15, -0.1) is 12.4 Å². The number of hydrogen-bond donors (Lipinski definition) is 2. The van der Waals surface area contributed by atoms with Crippen LogP contribution < -0.4 is 11.1 Å². The Morgan fingerprint density at radius 3 is 2.14 bits per heavy atom. The molecule has 1 saturated heterocycles. The third-order valence-electron chi connectivity index (χ3n) is 5.59. The van der Waals surface area contributed by atoms with E-state index >= 15 is 0 Å². The lowest BCUT2D eigenvalue weighted by Crippen LogP contribution is -2.48. The maximum absolute atomic E-state index is 12.7. The van der Waals surface area contributed by atoms with Crippen LogP contribution in [-0.2, 0) is 16.1 Å². The van der Waals surface area contributed by atoms with Gasteiger partial charge in [-0.05, 0) is 44.4 Å². The lowest BCUT2D eigenvalue weighted by Gasteiger charge is -2.35. The molecule has 2 amide bonds. The van der Waals surface area contributed by atoms with Crippen LogP contribution >= 0.6 is 12.4 Å². The second kappa shape index (κ2) is 10.8. The smallest absolute Gasteiger partial charge is 0.254 e. The number of halogens is 1. The highest BCUT2D eigenvalue weighted by atomic mass is 35.5. The van der Waals surface area contributed by atoms with E-state index in [1.807, 2.05) is 56.9 Å². The first-order valence-corrected chi connectivity index (χ1v) is 9.87. The van der Waals surface area contributed by atoms with Crippen molar-refractivity contribution in [1.29, 1.82) is 0 Å². The van der Waals surface area contributed by atoms with Crippen LogP contribution in [0.1, 0.15) is 56.5 Å². The van der Waals surface area contributed by atoms with Gasteiger partial charge in [0.25, 0.3) is 5.91 Å². The van der Waals surface area contributed by atoms with E-state index in [1.54, 1.807) is 0 Å². The minimum absolute atomic E-state index is 0. The van der Waals surface area contributed by atoms with Crippen LogP contribution in [0.3, 0.4) is 0 Å². The van der Waals surface area contributed by atoms with E-state index in [-0.39, 0.29) is 36.4 Å². The van der Waals surface area contributed by atoms with Crippen molar-refractivity contribution >= 4 is 24.2 Å². The molecule has 2 atom stereocenters. The summed E-state index contributed by atoms with van der Waals surface area (Å²) in [5.41, 5.74) is 6.95. The standard InChI is InChI=1S/C21H33N3O3.ClH/c1-5-21(6-2,14-22)20(26)23-11-17-7-9-18(10-8-17)19(25)24-12-15(3)27-16(4)13-24;/h7-10,15-16H,5-6,11-14,22H2,1-4H3,(H,23,26);1H. The molecule has 0 bridgehead atoms. The van der Waals surface area contributed by atoms with Crippen molar-refractivity contribution in [2.45, 2.75) is 59.3 Å². The van der Waals surface area contributed by atoms with Crippen LogP contribution in [0.2, 0.25) is 0 Å². The summed E-state index contributed by atoms with van der Waals surface area (Å²) in [6.45, 7) is 9.93. The molecule has 1 fully saturated rings. The first-order chi connectivity index (χ1) is 12.8. The molecule has 1 aliphatic heterocycles. The average Bonchev–Trinajstić information content (AvgIpc) is 2.67. The molecule has 1 aromatic rings. The van der Waals surface area contributed by atoms with Crippen molar-refractivity contribution in [3.63, 3.8) is 0 Å². The van der Waals surface area contributed by atoms with Crippen molar-refractivity contribution in [2.75, 3.05) is 19.6 Å². The fraction of sp³-hybridized carbons (Fsp3) is 0.619. The molecule has 1 aliphatic rings. The average molecular weight is 412 g/mol. The van der Waals surface area contributed by atoms with Crippen LogP contribution in [0.15, 0.2) is 24.3 Å². The number of ether oxygens (including phenoxy) is 1. The Bertz CT molecular complexity index is 629. The SMILES string of the molecule is CCC(CC)(CN)C(=O)NCc1ccc(C(=O)N2CC(C)OC(C)C2)cc1.Cl. The van der Waals surface area contributed by atoms with Gasteiger partial charge in [0.1, 0.15) is 0 Å². The van der Waals surface area contributed by atoms with Crippen molar-refractivity contribution in [1.82, 2.24) is 10.2 Å². The third kappa shape index (κ3) is 5.69. The number of benzene rings is 1. The van der Waals surface area contributed by atoms with Crippen molar-refractivity contribution in [2.24, 2.45) is 11.1 Å². The Labute approximate surface area is 174 Å². The van der Waals surface area contributed by atoms with Gasteiger partial charge in [-0.25, -0.2) is 0 Å². The van der Waals surface area contributed by atoms with Crippen molar-refractivity contribution in [3.8, 4) is 0 Å². The predicted molar refractivity (Wildman–Crippen MR) is 114 cm³/mol. The molecular formula is C21H34ClN3O3. The Morgan fingerprint density at radius 2 is 1.68 bits per heavy atom. The van der Waals surface area contributed by atoms with Crippen LogP contribution in [0.5, 0.6) is 0 Å². The van der Waals surface area contributed by atoms with Gasteiger partial charge in [0.05, 0.1) is 17.6 Å². The monoisotopic (exact) mass is 411 g/mol. The molecule has 6 nitrogen and oxygen atoms in total. The summed E-state index contributed by atoms with van der Waals surface area (Å²) in [6, 6.07) is 7.43. The molecule has 0 saturated carbocycles. The van der Waals surface area contributed by atoms with Gasteiger partial charge < -0.3 is 20.7 Å². The molecule has 3 N–H and O–H groups in total. The number of amides is 2. The zero-order valence-corrected chi connectivity index (χ0v) is 18.2. The maximum atomic E-state index is 12.7. The lowest BCUT2D eigenvalue weighted by molar-refractivity contribution is -0.131. The van der Waals surface area contributed by atoms with E-state index in [9.17, 15) is 9.59 Å². The summed E-state index contributed by atoms with van der Waals surface area (Å²) < 4.78 is 5.69. The first-order valence-electron chi connectivity index (χ1n) is 9.87. The van der Waals surface area contributed by atoms with Crippen LogP contribution in [-0.4, -0.2) is 48.6 Å². The van der Waals surface area contributed by atoms with E-state index in [1.165, 1.54) is 0 Å². The molecule has 7 heteroatoms. The number of rotatable bonds is 7. The minimum atomic E-state index is -0.500. The molecule has 0 aromatic heterocycles. The zero-order valence-electron chi connectivity index (χ0n) is 17.4. The highest BCUT2D eigenvalue weighted by molar-refractivity contribution is 5.94. The molecule has 28 heavy (non-hydrogen) atoms. The fourth-order valence-electron chi connectivity index (χ4n) is 3.61. The molecule has 2 rings (SSSR count). The second-order valence-electron chi connectivity index (χ2n) is 7.54. The topological polar surface area (TPSA) is 84.7 Å². The van der Waals surface area contributed by atoms with Gasteiger partial charge in [0.2, 0.25) is 5.91 Å². The van der Waals surface area contributed by atoms with Crippen LogP contribution in [0.4, 0.5) is 0 Å². The van der Waals surface area contributed by atoms with E-state index in [2.05, 4.69) is 5.32 Å². The summed E-state index contributed by atoms with van der Waals surface area (Å²) in [5.74, 6) is 0.0122. The van der Waals surface area contributed by atoms with E-state index < -0.39 is 5.41 Å². The highest BCUT2D eigenvalue weighted by Gasteiger charge is 2.33. The number of carbonyl (C=O) groups is 2. The molecule has 1 aromatic carbocycles. The highest BCUT2D eigenvalue weighted by Crippen LogP contribution is 2.25. The third-order valence-corrected chi connectivity index (χ3v) is 5.59. The van der Waals surface area contributed by atoms with Crippen molar-refractivity contribution in [3.05, 3.63) is 35.4 Å². The quantitative estimate of drug-likeness (QED) is 0.722. The number of hydrogen-bond acceptors (Lipinski definition) is 4. The molecule has 2 unspecified atom stereocenters. The predicted octanol–water partition coefficient (Wildman–Crippen LogP) is 2.74. The molecular weight excluding hydrogens is 378 g/mol. The Hall–Kier alpha value is -1.63. The largest absolute Gasteiger partial charge is 0.372 e. The Morgan fingerprint density at radius 1 is 1.14 bits per heavy atom. The number of nitrogens with one attached hydrogen (secondary N) is 1. The van der Waals surface area contributed by atoms with Crippen LogP contribution in [0, 0.1) is 5.41 Å². The van der Waals surface area contributed by atoms with E-state index in [0.717, 1.165) is 18.4 Å². The molecule has 0 spiro atoms. The normalized spacial score (nSPS) is 19.7.